The SMILES string of the molecule is O=C(O)c1cc(N2CCN(C(=O)OCC3c4ccccc4-c4ccccc43)CC2)ccc1F. The third-order valence-electron chi connectivity index (χ3n) is 6.42. The molecule has 1 fully saturated rings. The van der Waals surface area contributed by atoms with Gasteiger partial charge in [-0.25, -0.2) is 14.0 Å². The molecular weight excluding hydrogens is 423 g/mol. The van der Waals surface area contributed by atoms with Crippen molar-refractivity contribution in [3.05, 3.63) is 89.2 Å². The van der Waals surface area contributed by atoms with Crippen molar-refractivity contribution in [2.24, 2.45) is 0 Å². The number of ether oxygens (including phenoxy) is 1. The first-order valence-electron chi connectivity index (χ1n) is 10.9. The number of nitrogens with zero attached hydrogens (tertiary/aromatic N) is 2. The number of rotatable bonds is 4. The second kappa shape index (κ2) is 8.58. The summed E-state index contributed by atoms with van der Waals surface area (Å²) in [4.78, 5) is 27.6. The van der Waals surface area contributed by atoms with Crippen molar-refractivity contribution in [3.63, 3.8) is 0 Å². The van der Waals surface area contributed by atoms with Crippen molar-refractivity contribution in [1.29, 1.82) is 0 Å². The Morgan fingerprint density at radius 1 is 0.909 bits per heavy atom. The van der Waals surface area contributed by atoms with Crippen LogP contribution in [0.15, 0.2) is 66.7 Å². The molecule has 33 heavy (non-hydrogen) atoms. The molecule has 3 aromatic carbocycles. The number of fused-ring (bicyclic) bond motifs is 3. The van der Waals surface area contributed by atoms with Gasteiger partial charge in [0.05, 0.1) is 5.56 Å². The highest BCUT2D eigenvalue weighted by Crippen LogP contribution is 2.44. The van der Waals surface area contributed by atoms with Crippen LogP contribution in [0.5, 0.6) is 0 Å². The molecule has 1 saturated heterocycles. The molecule has 6 nitrogen and oxygen atoms in total. The third-order valence-corrected chi connectivity index (χ3v) is 6.42. The van der Waals surface area contributed by atoms with E-state index in [1.54, 1.807) is 11.0 Å². The van der Waals surface area contributed by atoms with E-state index in [1.807, 2.05) is 29.2 Å². The van der Waals surface area contributed by atoms with Gasteiger partial charge in [-0.1, -0.05) is 48.5 Å². The lowest BCUT2D eigenvalue weighted by molar-refractivity contribution is 0.0691. The smallest absolute Gasteiger partial charge is 0.409 e. The Balaban J connectivity index is 1.22. The first-order chi connectivity index (χ1) is 16.0. The summed E-state index contributed by atoms with van der Waals surface area (Å²) in [6.45, 7) is 2.17. The normalized spacial score (nSPS) is 15.2. The first-order valence-corrected chi connectivity index (χ1v) is 10.9. The molecule has 1 aliphatic heterocycles. The number of halogens is 1. The highest BCUT2D eigenvalue weighted by atomic mass is 19.1. The summed E-state index contributed by atoms with van der Waals surface area (Å²) in [7, 11) is 0. The largest absolute Gasteiger partial charge is 0.478 e. The zero-order valence-electron chi connectivity index (χ0n) is 17.9. The van der Waals surface area contributed by atoms with Gasteiger partial charge in [0, 0.05) is 37.8 Å². The monoisotopic (exact) mass is 446 g/mol. The molecule has 0 spiro atoms. The van der Waals surface area contributed by atoms with Gasteiger partial charge < -0.3 is 19.6 Å². The number of amides is 1. The van der Waals surface area contributed by atoms with E-state index in [2.05, 4.69) is 24.3 Å². The standard InChI is InChI=1S/C26H23FN2O4/c27-24-10-9-17(15-22(24)25(30)31)28-11-13-29(14-12-28)26(32)33-16-23-20-7-3-1-5-18(20)19-6-2-4-8-21(19)23/h1-10,15,23H,11-14,16H2,(H,30,31). The van der Waals surface area contributed by atoms with Crippen LogP contribution in [-0.4, -0.2) is 54.9 Å². The molecule has 0 unspecified atom stereocenters. The molecule has 3 aromatic rings. The van der Waals surface area contributed by atoms with Gasteiger partial charge in [-0.05, 0) is 40.5 Å². The summed E-state index contributed by atoms with van der Waals surface area (Å²) in [6, 6.07) is 20.5. The van der Waals surface area contributed by atoms with Crippen LogP contribution in [0, 0.1) is 5.82 Å². The summed E-state index contributed by atoms with van der Waals surface area (Å²) in [5.74, 6) is -2.05. The van der Waals surface area contributed by atoms with Crippen LogP contribution in [0.2, 0.25) is 0 Å². The second-order valence-electron chi connectivity index (χ2n) is 8.25. The van der Waals surface area contributed by atoms with E-state index in [0.717, 1.165) is 6.07 Å². The number of hydrogen-bond donors (Lipinski definition) is 1. The number of benzene rings is 3. The van der Waals surface area contributed by atoms with E-state index in [4.69, 9.17) is 9.84 Å². The van der Waals surface area contributed by atoms with Gasteiger partial charge in [0.2, 0.25) is 0 Å². The van der Waals surface area contributed by atoms with Gasteiger partial charge in [0.1, 0.15) is 12.4 Å². The van der Waals surface area contributed by atoms with E-state index in [9.17, 15) is 14.0 Å². The zero-order valence-corrected chi connectivity index (χ0v) is 17.9. The predicted octanol–water partition coefficient (Wildman–Crippen LogP) is 4.60. The van der Waals surface area contributed by atoms with Crippen LogP contribution in [0.4, 0.5) is 14.9 Å². The molecule has 5 rings (SSSR count). The van der Waals surface area contributed by atoms with E-state index in [-0.39, 0.29) is 24.2 Å². The van der Waals surface area contributed by atoms with Gasteiger partial charge in [-0.15, -0.1) is 0 Å². The highest BCUT2D eigenvalue weighted by molar-refractivity contribution is 5.89. The van der Waals surface area contributed by atoms with Crippen LogP contribution < -0.4 is 4.90 Å². The van der Waals surface area contributed by atoms with Crippen LogP contribution in [-0.2, 0) is 4.74 Å². The molecule has 0 atom stereocenters. The summed E-state index contributed by atoms with van der Waals surface area (Å²) in [5.41, 5.74) is 4.97. The molecule has 1 N–H and O–H groups in total. The van der Waals surface area contributed by atoms with Crippen molar-refractivity contribution in [1.82, 2.24) is 4.90 Å². The van der Waals surface area contributed by atoms with Crippen molar-refractivity contribution in [2.45, 2.75) is 5.92 Å². The Kier molecular flexibility index (Phi) is 5.46. The van der Waals surface area contributed by atoms with Crippen molar-refractivity contribution >= 4 is 17.7 Å². The van der Waals surface area contributed by atoms with Gasteiger partial charge in [-0.3, -0.25) is 0 Å². The van der Waals surface area contributed by atoms with Crippen LogP contribution in [0.1, 0.15) is 27.4 Å². The average Bonchev–Trinajstić information content (AvgIpc) is 3.16. The Labute approximate surface area is 190 Å². The molecule has 7 heteroatoms. The fraction of sp³-hybridized carbons (Fsp3) is 0.231. The van der Waals surface area contributed by atoms with Gasteiger partial charge in [0.25, 0.3) is 0 Å². The fourth-order valence-corrected chi connectivity index (χ4v) is 4.71. The molecule has 1 aliphatic carbocycles. The molecule has 0 saturated carbocycles. The summed E-state index contributed by atoms with van der Waals surface area (Å²) in [5, 5.41) is 9.15. The molecule has 0 bridgehead atoms. The van der Waals surface area contributed by atoms with E-state index >= 15 is 0 Å². The molecule has 168 valence electrons. The number of carbonyl (C=O) groups excluding carboxylic acids is 1. The minimum atomic E-state index is -1.30. The number of carboxylic acids is 1. The highest BCUT2D eigenvalue weighted by Gasteiger charge is 2.30. The molecule has 1 heterocycles. The van der Waals surface area contributed by atoms with Crippen molar-refractivity contribution < 1.29 is 23.8 Å². The quantitative estimate of drug-likeness (QED) is 0.635. The Hall–Kier alpha value is -3.87. The van der Waals surface area contributed by atoms with Crippen LogP contribution in [0.25, 0.3) is 11.1 Å². The maximum atomic E-state index is 13.7. The lowest BCUT2D eigenvalue weighted by Gasteiger charge is -2.35. The Morgan fingerprint density at radius 2 is 1.52 bits per heavy atom. The minimum Gasteiger partial charge on any atom is -0.478 e. The Bertz CT molecular complexity index is 1170. The molecule has 0 radical (unpaired) electrons. The van der Waals surface area contributed by atoms with Crippen molar-refractivity contribution in [2.75, 3.05) is 37.7 Å². The summed E-state index contributed by atoms with van der Waals surface area (Å²) in [6.07, 6.45) is -0.359. The lowest BCUT2D eigenvalue weighted by atomic mass is 9.98. The van der Waals surface area contributed by atoms with Gasteiger partial charge in [-0.2, -0.15) is 0 Å². The number of carbonyl (C=O) groups is 2. The third kappa shape index (κ3) is 3.91. The topological polar surface area (TPSA) is 70.1 Å². The lowest BCUT2D eigenvalue weighted by Crippen LogP contribution is -2.49. The molecule has 1 amide bonds. The van der Waals surface area contributed by atoms with Crippen LogP contribution >= 0.6 is 0 Å². The minimum absolute atomic E-state index is 0.0105. The van der Waals surface area contributed by atoms with E-state index in [1.165, 1.54) is 28.3 Å². The number of hydrogen-bond acceptors (Lipinski definition) is 4. The summed E-state index contributed by atoms with van der Waals surface area (Å²) >= 11 is 0. The molecule has 2 aliphatic rings. The summed E-state index contributed by atoms with van der Waals surface area (Å²) < 4.78 is 19.4. The fourth-order valence-electron chi connectivity index (χ4n) is 4.71. The number of carboxylic acid groups (broad SMARTS) is 1. The number of piperazine rings is 1. The van der Waals surface area contributed by atoms with Crippen molar-refractivity contribution in [3.8, 4) is 11.1 Å². The Morgan fingerprint density at radius 3 is 2.12 bits per heavy atom. The van der Waals surface area contributed by atoms with Gasteiger partial charge in [0.15, 0.2) is 0 Å². The predicted molar refractivity (Wildman–Crippen MR) is 122 cm³/mol. The van der Waals surface area contributed by atoms with Gasteiger partial charge >= 0.3 is 12.1 Å². The van der Waals surface area contributed by atoms with Crippen LogP contribution in [0.3, 0.4) is 0 Å². The zero-order chi connectivity index (χ0) is 22.9. The van der Waals surface area contributed by atoms with E-state index in [0.29, 0.717) is 31.9 Å². The van der Waals surface area contributed by atoms with E-state index < -0.39 is 11.8 Å². The second-order valence-corrected chi connectivity index (χ2v) is 8.25. The first kappa shape index (κ1) is 21.0. The molecule has 0 aromatic heterocycles. The average molecular weight is 446 g/mol. The number of anilines is 1. The molecular formula is C26H23FN2O4. The maximum absolute atomic E-state index is 13.7. The maximum Gasteiger partial charge on any atom is 0.409 e. The number of aromatic carboxylic acids is 1.